The third kappa shape index (κ3) is 3.48. The Hall–Kier alpha value is -1.02. The number of aromatic nitrogens is 2. The van der Waals surface area contributed by atoms with Gasteiger partial charge in [-0.15, -0.1) is 11.6 Å². The number of rotatable bonds is 5. The number of hydrogen-bond acceptors (Lipinski definition) is 6. The van der Waals surface area contributed by atoms with Crippen LogP contribution in [-0.2, 0) is 16.0 Å². The Bertz CT molecular complexity index is 473. The number of alkyl halides is 1. The van der Waals surface area contributed by atoms with Crippen molar-refractivity contribution in [2.24, 2.45) is 0 Å². The number of anilines is 2. The lowest BCUT2D eigenvalue weighted by Crippen LogP contribution is -2.41. The van der Waals surface area contributed by atoms with Crippen molar-refractivity contribution in [3.63, 3.8) is 0 Å². The largest absolute Gasteiger partial charge is 0.390 e. The number of hydrogen-bond donors (Lipinski definition) is 1. The lowest BCUT2D eigenvalue weighted by molar-refractivity contribution is 0.120. The van der Waals surface area contributed by atoms with Gasteiger partial charge in [0.05, 0.1) is 51.3 Å². The zero-order valence-corrected chi connectivity index (χ0v) is 13.4. The maximum absolute atomic E-state index is 9.90. The molecule has 1 N–H and O–H groups in total. The van der Waals surface area contributed by atoms with Crippen LogP contribution in [0.4, 0.5) is 11.6 Å². The second-order valence-corrected chi connectivity index (χ2v) is 5.86. The Labute approximate surface area is 135 Å². The molecule has 2 fully saturated rings. The third-order valence-corrected chi connectivity index (χ3v) is 4.35. The molecule has 22 heavy (non-hydrogen) atoms. The molecule has 8 heteroatoms. The number of nitrogens with zero attached hydrogens (tertiary/aromatic N) is 4. The molecule has 0 bridgehead atoms. The topological polar surface area (TPSA) is 63.0 Å². The summed E-state index contributed by atoms with van der Waals surface area (Å²) < 4.78 is 12.9. The van der Waals surface area contributed by atoms with E-state index in [1.165, 1.54) is 0 Å². The molecule has 1 aromatic rings. The van der Waals surface area contributed by atoms with E-state index in [1.807, 2.05) is 4.57 Å². The van der Waals surface area contributed by atoms with Crippen LogP contribution in [0.2, 0.25) is 0 Å². The van der Waals surface area contributed by atoms with Gasteiger partial charge in [-0.25, -0.2) is 4.98 Å². The molecule has 1 atom stereocenters. The molecule has 3 heterocycles. The molecule has 124 valence electrons. The van der Waals surface area contributed by atoms with E-state index >= 15 is 0 Å². The van der Waals surface area contributed by atoms with Crippen molar-refractivity contribution in [3.8, 4) is 0 Å². The normalized spacial score (nSPS) is 21.2. The molecule has 2 aliphatic rings. The highest BCUT2D eigenvalue weighted by atomic mass is 35.5. The Morgan fingerprint density at radius 2 is 1.68 bits per heavy atom. The van der Waals surface area contributed by atoms with Gasteiger partial charge in [0.1, 0.15) is 0 Å². The van der Waals surface area contributed by atoms with Gasteiger partial charge in [-0.3, -0.25) is 0 Å². The lowest BCUT2D eigenvalue weighted by atomic mass is 10.3. The summed E-state index contributed by atoms with van der Waals surface area (Å²) in [4.78, 5) is 9.13. The monoisotopic (exact) mass is 330 g/mol. The van der Waals surface area contributed by atoms with Crippen LogP contribution in [0.25, 0.3) is 0 Å². The van der Waals surface area contributed by atoms with E-state index in [9.17, 15) is 5.11 Å². The first-order valence-corrected chi connectivity index (χ1v) is 8.27. The van der Waals surface area contributed by atoms with Gasteiger partial charge in [-0.2, -0.15) is 0 Å². The summed E-state index contributed by atoms with van der Waals surface area (Å²) >= 11 is 5.75. The Kier molecular flexibility index (Phi) is 5.41. The summed E-state index contributed by atoms with van der Waals surface area (Å²) in [5.74, 6) is 2.23. The van der Waals surface area contributed by atoms with Crippen LogP contribution < -0.4 is 9.80 Å². The van der Waals surface area contributed by atoms with Crippen LogP contribution in [0, 0.1) is 0 Å². The zero-order chi connectivity index (χ0) is 15.4. The zero-order valence-electron chi connectivity index (χ0n) is 12.7. The smallest absolute Gasteiger partial charge is 0.171 e. The molecule has 7 nitrogen and oxygen atoms in total. The fourth-order valence-electron chi connectivity index (χ4n) is 2.87. The predicted octanol–water partition coefficient (Wildman–Crippen LogP) is 0.156. The van der Waals surface area contributed by atoms with Crippen LogP contribution in [0.15, 0.2) is 6.33 Å². The second kappa shape index (κ2) is 7.50. The number of halogens is 1. The SMILES string of the molecule is OC(CCl)Cn1cnc(N2CCOCC2)c1N1CCOCC1. The van der Waals surface area contributed by atoms with E-state index < -0.39 is 6.10 Å². The Balaban J connectivity index is 1.87. The van der Waals surface area contributed by atoms with Crippen molar-refractivity contribution in [2.45, 2.75) is 12.6 Å². The van der Waals surface area contributed by atoms with Crippen molar-refractivity contribution in [1.82, 2.24) is 9.55 Å². The van der Waals surface area contributed by atoms with E-state index in [4.69, 9.17) is 21.1 Å². The van der Waals surface area contributed by atoms with Crippen molar-refractivity contribution in [2.75, 3.05) is 68.3 Å². The fourth-order valence-corrected chi connectivity index (χ4v) is 2.97. The van der Waals surface area contributed by atoms with E-state index in [0.29, 0.717) is 19.8 Å². The minimum absolute atomic E-state index is 0.216. The summed E-state index contributed by atoms with van der Waals surface area (Å²) in [5.41, 5.74) is 0. The molecule has 1 unspecified atom stereocenters. The average molecular weight is 331 g/mol. The highest BCUT2D eigenvalue weighted by Crippen LogP contribution is 2.30. The first-order chi connectivity index (χ1) is 10.8. The first kappa shape index (κ1) is 15.9. The molecule has 0 aliphatic carbocycles. The van der Waals surface area contributed by atoms with Crippen molar-refractivity contribution < 1.29 is 14.6 Å². The number of imidazole rings is 1. The Morgan fingerprint density at radius 3 is 2.27 bits per heavy atom. The standard InChI is InChI=1S/C14H23ClN4O3/c15-9-12(20)10-19-11-16-13(17-1-5-21-6-2-17)14(19)18-3-7-22-8-4-18/h11-12,20H,1-10H2. The van der Waals surface area contributed by atoms with Crippen LogP contribution in [0.1, 0.15) is 0 Å². The second-order valence-electron chi connectivity index (χ2n) is 5.55. The van der Waals surface area contributed by atoms with Gasteiger partial charge in [0.15, 0.2) is 11.6 Å². The van der Waals surface area contributed by atoms with Crippen LogP contribution >= 0.6 is 11.6 Å². The third-order valence-electron chi connectivity index (χ3n) is 4.00. The van der Waals surface area contributed by atoms with Gasteiger partial charge in [0, 0.05) is 26.2 Å². The Morgan fingerprint density at radius 1 is 1.09 bits per heavy atom. The van der Waals surface area contributed by atoms with Crippen molar-refractivity contribution >= 4 is 23.2 Å². The van der Waals surface area contributed by atoms with Crippen molar-refractivity contribution in [3.05, 3.63) is 6.33 Å². The first-order valence-electron chi connectivity index (χ1n) is 7.74. The average Bonchev–Trinajstić information content (AvgIpc) is 3.00. The van der Waals surface area contributed by atoms with Gasteiger partial charge in [-0.1, -0.05) is 0 Å². The van der Waals surface area contributed by atoms with Gasteiger partial charge < -0.3 is 28.9 Å². The number of ether oxygens (including phenoxy) is 2. The van der Waals surface area contributed by atoms with Crippen molar-refractivity contribution in [1.29, 1.82) is 0 Å². The number of morpholine rings is 2. The highest BCUT2D eigenvalue weighted by molar-refractivity contribution is 6.18. The van der Waals surface area contributed by atoms with Gasteiger partial charge >= 0.3 is 0 Å². The molecular weight excluding hydrogens is 308 g/mol. The predicted molar refractivity (Wildman–Crippen MR) is 85.0 cm³/mol. The summed E-state index contributed by atoms with van der Waals surface area (Å²) in [6.45, 7) is 6.67. The molecular formula is C14H23ClN4O3. The van der Waals surface area contributed by atoms with E-state index in [0.717, 1.165) is 51.0 Å². The molecule has 0 amide bonds. The summed E-state index contributed by atoms with van der Waals surface area (Å²) in [6.07, 6.45) is 1.22. The van der Waals surface area contributed by atoms with Gasteiger partial charge in [-0.05, 0) is 0 Å². The number of aliphatic hydroxyl groups is 1. The highest BCUT2D eigenvalue weighted by Gasteiger charge is 2.25. The quantitative estimate of drug-likeness (QED) is 0.776. The van der Waals surface area contributed by atoms with Crippen LogP contribution in [0.3, 0.4) is 0 Å². The van der Waals surface area contributed by atoms with Gasteiger partial charge in [0.2, 0.25) is 0 Å². The molecule has 1 aromatic heterocycles. The maximum Gasteiger partial charge on any atom is 0.171 e. The van der Waals surface area contributed by atoms with Crippen LogP contribution in [-0.4, -0.2) is 79.2 Å². The molecule has 2 saturated heterocycles. The van der Waals surface area contributed by atoms with E-state index in [2.05, 4.69) is 14.8 Å². The van der Waals surface area contributed by atoms with E-state index in [-0.39, 0.29) is 5.88 Å². The molecule has 0 radical (unpaired) electrons. The minimum Gasteiger partial charge on any atom is -0.390 e. The van der Waals surface area contributed by atoms with Gasteiger partial charge in [0.25, 0.3) is 0 Å². The maximum atomic E-state index is 9.90. The molecule has 0 spiro atoms. The summed E-state index contributed by atoms with van der Waals surface area (Å²) in [5, 5.41) is 9.90. The summed E-state index contributed by atoms with van der Waals surface area (Å²) in [6, 6.07) is 0. The molecule has 0 aromatic carbocycles. The molecule has 3 rings (SSSR count). The minimum atomic E-state index is -0.576. The summed E-state index contributed by atoms with van der Waals surface area (Å²) in [7, 11) is 0. The molecule has 2 aliphatic heterocycles. The molecule has 0 saturated carbocycles. The van der Waals surface area contributed by atoms with E-state index in [1.54, 1.807) is 6.33 Å². The van der Waals surface area contributed by atoms with Crippen LogP contribution in [0.5, 0.6) is 0 Å². The lowest BCUT2D eigenvalue weighted by Gasteiger charge is -2.34. The fraction of sp³-hybridized carbons (Fsp3) is 0.786. The number of aliphatic hydroxyl groups excluding tert-OH is 1.